The van der Waals surface area contributed by atoms with Crippen molar-refractivity contribution in [2.75, 3.05) is 13.2 Å². The van der Waals surface area contributed by atoms with E-state index in [1.165, 1.54) is 225 Å². The van der Waals surface area contributed by atoms with Gasteiger partial charge in [0.1, 0.15) is 13.2 Å². The third-order valence-electron chi connectivity index (χ3n) is 12.9. The Bertz CT molecular complexity index is 870. The Morgan fingerprint density at radius 2 is 0.435 bits per heavy atom. The average Bonchev–Trinajstić information content (AvgIpc) is 3.27. The van der Waals surface area contributed by atoms with Crippen molar-refractivity contribution in [3.8, 4) is 0 Å². The highest BCUT2D eigenvalue weighted by molar-refractivity contribution is 5.71. The van der Waals surface area contributed by atoms with Crippen molar-refractivity contribution >= 4 is 17.9 Å². The summed E-state index contributed by atoms with van der Waals surface area (Å²) in [6.07, 6.45) is 56.5. The number of carbonyl (C=O) groups is 3. The fourth-order valence-electron chi connectivity index (χ4n) is 8.62. The van der Waals surface area contributed by atoms with Crippen molar-refractivity contribution in [2.45, 2.75) is 329 Å². The van der Waals surface area contributed by atoms with E-state index in [4.69, 9.17) is 14.2 Å². The van der Waals surface area contributed by atoms with Crippen LogP contribution < -0.4 is 0 Å². The smallest absolute Gasteiger partial charge is 0.306 e. The van der Waals surface area contributed by atoms with Crippen molar-refractivity contribution < 1.29 is 28.6 Å². The molecule has 0 radical (unpaired) electrons. The van der Waals surface area contributed by atoms with Crippen LogP contribution in [0.5, 0.6) is 0 Å². The fraction of sp³-hybridized carbons (Fsp3) is 0.946. The summed E-state index contributed by atoms with van der Waals surface area (Å²) in [5, 5.41) is 0. The standard InChI is InChI=1S/C56H108O6/c1-4-7-10-13-16-19-22-25-28-31-33-36-39-42-45-48-54(57)60-51-53(62-56(59)50-47-44-41-38-35-30-27-24-21-18-15-12-9-6-3)52-61-55(58)49-46-43-40-37-34-32-29-26-23-20-17-14-11-8-5-2/h53H,4-52H2,1-3H3. The summed E-state index contributed by atoms with van der Waals surface area (Å²) in [7, 11) is 0. The molecule has 0 fully saturated rings. The first kappa shape index (κ1) is 60.4. The molecule has 0 aliphatic rings. The Morgan fingerprint density at radius 3 is 0.645 bits per heavy atom. The molecule has 0 N–H and O–H groups in total. The van der Waals surface area contributed by atoms with Gasteiger partial charge < -0.3 is 14.2 Å². The predicted molar refractivity (Wildman–Crippen MR) is 266 cm³/mol. The molecule has 0 aromatic heterocycles. The van der Waals surface area contributed by atoms with E-state index in [1.54, 1.807) is 0 Å². The Balaban J connectivity index is 4.29. The summed E-state index contributed by atoms with van der Waals surface area (Å²) >= 11 is 0. The number of hydrogen-bond donors (Lipinski definition) is 0. The highest BCUT2D eigenvalue weighted by Crippen LogP contribution is 2.17. The van der Waals surface area contributed by atoms with Crippen molar-refractivity contribution in [1.29, 1.82) is 0 Å². The monoisotopic (exact) mass is 877 g/mol. The minimum absolute atomic E-state index is 0.0612. The lowest BCUT2D eigenvalue weighted by Crippen LogP contribution is -2.30. The summed E-state index contributed by atoms with van der Waals surface area (Å²) in [6.45, 7) is 6.70. The molecule has 0 aromatic carbocycles. The van der Waals surface area contributed by atoms with Crippen LogP contribution in [0, 0.1) is 0 Å². The van der Waals surface area contributed by atoms with Gasteiger partial charge in [0.15, 0.2) is 6.10 Å². The topological polar surface area (TPSA) is 78.9 Å². The van der Waals surface area contributed by atoms with E-state index in [0.29, 0.717) is 19.3 Å². The van der Waals surface area contributed by atoms with E-state index in [2.05, 4.69) is 20.8 Å². The first-order chi connectivity index (χ1) is 30.5. The second-order valence-electron chi connectivity index (χ2n) is 19.2. The lowest BCUT2D eigenvalue weighted by atomic mass is 10.0. The van der Waals surface area contributed by atoms with Gasteiger partial charge in [0.05, 0.1) is 0 Å². The van der Waals surface area contributed by atoms with Gasteiger partial charge in [-0.15, -0.1) is 0 Å². The summed E-state index contributed by atoms with van der Waals surface area (Å²) < 4.78 is 16.9. The van der Waals surface area contributed by atoms with Crippen LogP contribution in [0.25, 0.3) is 0 Å². The molecule has 0 spiro atoms. The van der Waals surface area contributed by atoms with Crippen molar-refractivity contribution in [1.82, 2.24) is 0 Å². The Kier molecular flexibility index (Phi) is 50.7. The second kappa shape index (κ2) is 52.0. The average molecular weight is 877 g/mol. The highest BCUT2D eigenvalue weighted by atomic mass is 16.6. The molecular weight excluding hydrogens is 769 g/mol. The van der Waals surface area contributed by atoms with E-state index in [0.717, 1.165) is 57.8 Å². The third kappa shape index (κ3) is 49.4. The van der Waals surface area contributed by atoms with Crippen LogP contribution in [-0.4, -0.2) is 37.2 Å². The van der Waals surface area contributed by atoms with E-state index >= 15 is 0 Å². The Hall–Kier alpha value is -1.59. The zero-order valence-corrected chi connectivity index (χ0v) is 42.2. The third-order valence-corrected chi connectivity index (χ3v) is 12.9. The van der Waals surface area contributed by atoms with Crippen LogP contribution in [0.1, 0.15) is 323 Å². The number of esters is 3. The number of hydrogen-bond acceptors (Lipinski definition) is 6. The van der Waals surface area contributed by atoms with E-state index in [1.807, 2.05) is 0 Å². The molecule has 62 heavy (non-hydrogen) atoms. The van der Waals surface area contributed by atoms with Crippen LogP contribution in [-0.2, 0) is 28.6 Å². The molecule has 0 unspecified atom stereocenters. The van der Waals surface area contributed by atoms with Gasteiger partial charge in [-0.25, -0.2) is 0 Å². The van der Waals surface area contributed by atoms with Gasteiger partial charge in [-0.1, -0.05) is 284 Å². The summed E-state index contributed by atoms with van der Waals surface area (Å²) in [5.74, 6) is -0.834. The summed E-state index contributed by atoms with van der Waals surface area (Å²) in [4.78, 5) is 38.1. The van der Waals surface area contributed by atoms with E-state index < -0.39 is 6.10 Å². The van der Waals surface area contributed by atoms with Gasteiger partial charge in [0.25, 0.3) is 0 Å². The molecule has 0 saturated heterocycles. The molecular formula is C56H108O6. The molecule has 0 bridgehead atoms. The first-order valence-electron chi connectivity index (χ1n) is 28.0. The second-order valence-corrected chi connectivity index (χ2v) is 19.2. The Morgan fingerprint density at radius 1 is 0.258 bits per heavy atom. The van der Waals surface area contributed by atoms with Gasteiger partial charge in [-0.2, -0.15) is 0 Å². The minimum Gasteiger partial charge on any atom is -0.462 e. The zero-order chi connectivity index (χ0) is 45.1. The van der Waals surface area contributed by atoms with E-state index in [9.17, 15) is 14.4 Å². The molecule has 0 amide bonds. The van der Waals surface area contributed by atoms with Gasteiger partial charge in [-0.05, 0) is 19.3 Å². The normalized spacial score (nSPS) is 11.4. The maximum atomic E-state index is 12.8. The highest BCUT2D eigenvalue weighted by Gasteiger charge is 2.19. The number of unbranched alkanes of at least 4 members (excludes halogenated alkanes) is 41. The SMILES string of the molecule is CCCCCCCCCCCCCCCCCC(=O)OCC(COC(=O)CCCCCCCCCCCCCCCCC)OC(=O)CCCCCCCCCCCCCCCC. The van der Waals surface area contributed by atoms with Crippen LogP contribution in [0.3, 0.4) is 0 Å². The fourth-order valence-corrected chi connectivity index (χ4v) is 8.62. The zero-order valence-electron chi connectivity index (χ0n) is 42.2. The van der Waals surface area contributed by atoms with E-state index in [-0.39, 0.29) is 31.1 Å². The van der Waals surface area contributed by atoms with Crippen LogP contribution in [0.4, 0.5) is 0 Å². The first-order valence-corrected chi connectivity index (χ1v) is 28.0. The molecule has 0 aliphatic carbocycles. The van der Waals surface area contributed by atoms with Gasteiger partial charge in [-0.3, -0.25) is 14.4 Å². The van der Waals surface area contributed by atoms with Crippen LogP contribution in [0.15, 0.2) is 0 Å². The predicted octanol–water partition coefficient (Wildman–Crippen LogP) is 18.4. The van der Waals surface area contributed by atoms with Crippen LogP contribution in [0.2, 0.25) is 0 Å². The largest absolute Gasteiger partial charge is 0.462 e. The Labute approximate surface area is 387 Å². The minimum atomic E-state index is -0.760. The van der Waals surface area contributed by atoms with Gasteiger partial charge in [0.2, 0.25) is 0 Å². The molecule has 0 aromatic rings. The lowest BCUT2D eigenvalue weighted by Gasteiger charge is -2.18. The van der Waals surface area contributed by atoms with Crippen molar-refractivity contribution in [3.05, 3.63) is 0 Å². The number of rotatable bonds is 52. The molecule has 0 aliphatic heterocycles. The van der Waals surface area contributed by atoms with Crippen LogP contribution >= 0.6 is 0 Å². The maximum Gasteiger partial charge on any atom is 0.306 e. The lowest BCUT2D eigenvalue weighted by molar-refractivity contribution is -0.167. The number of ether oxygens (including phenoxy) is 3. The molecule has 368 valence electrons. The quantitative estimate of drug-likeness (QED) is 0.0344. The molecule has 6 heteroatoms. The maximum absolute atomic E-state index is 12.8. The molecule has 0 rings (SSSR count). The van der Waals surface area contributed by atoms with Crippen molar-refractivity contribution in [3.63, 3.8) is 0 Å². The molecule has 0 saturated carbocycles. The molecule has 0 heterocycles. The summed E-state index contributed by atoms with van der Waals surface area (Å²) in [5.41, 5.74) is 0. The molecule has 0 atom stereocenters. The van der Waals surface area contributed by atoms with Crippen molar-refractivity contribution in [2.24, 2.45) is 0 Å². The van der Waals surface area contributed by atoms with Gasteiger partial charge in [0, 0.05) is 19.3 Å². The summed E-state index contributed by atoms with van der Waals surface area (Å²) in [6, 6.07) is 0. The van der Waals surface area contributed by atoms with Gasteiger partial charge >= 0.3 is 17.9 Å². The molecule has 6 nitrogen and oxygen atoms in total. The number of carbonyl (C=O) groups excluding carboxylic acids is 3.